The number of hydrogen-bond donors (Lipinski definition) is 0. The lowest BCUT2D eigenvalue weighted by molar-refractivity contribution is -0.201. The van der Waals surface area contributed by atoms with Gasteiger partial charge in [0.25, 0.3) is 0 Å². The van der Waals surface area contributed by atoms with Gasteiger partial charge in [-0.2, -0.15) is 5.10 Å². The zero-order valence-electron chi connectivity index (χ0n) is 14.6. The van der Waals surface area contributed by atoms with Gasteiger partial charge < -0.3 is 9.64 Å². The first-order valence-corrected chi connectivity index (χ1v) is 8.88. The van der Waals surface area contributed by atoms with Gasteiger partial charge in [-0.25, -0.2) is 0 Å². The Balaban J connectivity index is 1.30. The summed E-state index contributed by atoms with van der Waals surface area (Å²) in [4.78, 5) is 19.2. The molecular formula is C17H27N5O2. The maximum atomic E-state index is 12.6. The van der Waals surface area contributed by atoms with Crippen LogP contribution in [0.25, 0.3) is 0 Å². The van der Waals surface area contributed by atoms with Crippen molar-refractivity contribution in [3.63, 3.8) is 0 Å². The monoisotopic (exact) mass is 333 g/mol. The number of morpholine rings is 1. The van der Waals surface area contributed by atoms with Crippen LogP contribution in [0.5, 0.6) is 0 Å². The number of aryl methyl sites for hydroxylation is 1. The molecule has 24 heavy (non-hydrogen) atoms. The van der Waals surface area contributed by atoms with Crippen molar-refractivity contribution in [2.75, 3.05) is 46.4 Å². The normalized spacial score (nSPS) is 27.6. The maximum Gasteiger partial charge on any atom is 0.242 e. The summed E-state index contributed by atoms with van der Waals surface area (Å²) in [6, 6.07) is -0.110. The lowest BCUT2D eigenvalue weighted by Gasteiger charge is -2.55. The summed E-state index contributed by atoms with van der Waals surface area (Å²) in [5, 5.41) is 4.22. The van der Waals surface area contributed by atoms with Gasteiger partial charge in [0, 0.05) is 58.1 Å². The predicted molar refractivity (Wildman–Crippen MR) is 89.4 cm³/mol. The van der Waals surface area contributed by atoms with Gasteiger partial charge in [-0.15, -0.1) is 0 Å². The highest BCUT2D eigenvalue weighted by atomic mass is 16.5. The number of carbonyl (C=O) groups is 1. The van der Waals surface area contributed by atoms with E-state index in [9.17, 15) is 4.79 Å². The first-order valence-electron chi connectivity index (χ1n) is 8.88. The Morgan fingerprint density at radius 3 is 2.67 bits per heavy atom. The van der Waals surface area contributed by atoms with Crippen LogP contribution in [0.1, 0.15) is 18.4 Å². The number of amides is 1. The molecule has 3 aliphatic rings. The quantitative estimate of drug-likeness (QED) is 0.775. The highest BCUT2D eigenvalue weighted by Crippen LogP contribution is 2.32. The second-order valence-corrected chi connectivity index (χ2v) is 7.62. The third kappa shape index (κ3) is 2.96. The molecule has 0 radical (unpaired) electrons. The lowest BCUT2D eigenvalue weighted by atomic mass is 9.90. The van der Waals surface area contributed by atoms with Crippen molar-refractivity contribution in [1.29, 1.82) is 0 Å². The molecule has 1 aromatic heterocycles. The second kappa shape index (κ2) is 6.13. The van der Waals surface area contributed by atoms with Crippen LogP contribution >= 0.6 is 0 Å². The Labute approximate surface area is 143 Å². The van der Waals surface area contributed by atoms with E-state index in [1.54, 1.807) is 0 Å². The van der Waals surface area contributed by atoms with E-state index in [2.05, 4.69) is 28.1 Å². The van der Waals surface area contributed by atoms with E-state index in [1.807, 2.05) is 22.8 Å². The number of aromatic nitrogens is 2. The van der Waals surface area contributed by atoms with Crippen molar-refractivity contribution in [3.8, 4) is 0 Å². The molecule has 1 amide bonds. The minimum absolute atomic E-state index is 0.0985. The molecule has 1 spiro atoms. The molecule has 4 rings (SSSR count). The summed E-state index contributed by atoms with van der Waals surface area (Å²) in [5.74, 6) is 0.247. The van der Waals surface area contributed by atoms with E-state index in [4.69, 9.17) is 4.74 Å². The fraction of sp³-hybridized carbons (Fsp3) is 0.765. The molecule has 7 nitrogen and oxygen atoms in total. The first-order chi connectivity index (χ1) is 11.5. The predicted octanol–water partition coefficient (Wildman–Crippen LogP) is -0.0725. The van der Waals surface area contributed by atoms with Gasteiger partial charge in [-0.05, 0) is 19.9 Å². The molecule has 0 aromatic carbocycles. The van der Waals surface area contributed by atoms with Crippen LogP contribution in [-0.4, -0.2) is 88.4 Å². The molecule has 0 aliphatic carbocycles. The van der Waals surface area contributed by atoms with Crippen LogP contribution in [0.3, 0.4) is 0 Å². The van der Waals surface area contributed by atoms with Gasteiger partial charge >= 0.3 is 0 Å². The summed E-state index contributed by atoms with van der Waals surface area (Å²) in [6.07, 6.45) is 6.25. The number of hydrogen-bond acceptors (Lipinski definition) is 5. The summed E-state index contributed by atoms with van der Waals surface area (Å²) in [5.41, 5.74) is 1.14. The zero-order valence-corrected chi connectivity index (χ0v) is 14.6. The summed E-state index contributed by atoms with van der Waals surface area (Å²) in [6.45, 7) is 5.94. The average Bonchev–Trinajstić information content (AvgIpc) is 3.17. The third-order valence-electron chi connectivity index (χ3n) is 5.51. The van der Waals surface area contributed by atoms with Crippen molar-refractivity contribution >= 4 is 5.91 Å². The molecule has 0 N–H and O–H groups in total. The summed E-state index contributed by atoms with van der Waals surface area (Å²) in [7, 11) is 4.00. The number of nitrogens with zero attached hydrogens (tertiary/aromatic N) is 5. The average molecular weight is 333 g/mol. The van der Waals surface area contributed by atoms with Crippen LogP contribution in [0.15, 0.2) is 12.4 Å². The molecule has 132 valence electrons. The minimum atomic E-state index is -0.110. The van der Waals surface area contributed by atoms with E-state index in [0.717, 1.165) is 52.1 Å². The molecule has 0 saturated carbocycles. The standard InChI is InChI=1S/C17H27N5O2/c1-19-11-17(12-21(13-17)9-14-7-18-20(2)8-14)24-10-15(19)16(23)22-5-3-4-6-22/h7-8,15H,3-6,9-13H2,1-2H3. The Morgan fingerprint density at radius 1 is 1.29 bits per heavy atom. The maximum absolute atomic E-state index is 12.6. The number of likely N-dealkylation sites (tertiary alicyclic amines) is 2. The van der Waals surface area contributed by atoms with Gasteiger partial charge in [0.1, 0.15) is 11.6 Å². The van der Waals surface area contributed by atoms with Gasteiger partial charge in [0.15, 0.2) is 0 Å². The van der Waals surface area contributed by atoms with E-state index in [0.29, 0.717) is 6.61 Å². The highest BCUT2D eigenvalue weighted by Gasteiger charge is 2.50. The number of ether oxygens (including phenoxy) is 1. The Bertz CT molecular complexity index is 604. The SMILES string of the molecule is CN1CC2(CN(Cc3cnn(C)c3)C2)OCC1C(=O)N1CCCC1. The number of rotatable bonds is 3. The van der Waals surface area contributed by atoms with Crippen molar-refractivity contribution < 1.29 is 9.53 Å². The highest BCUT2D eigenvalue weighted by molar-refractivity contribution is 5.82. The Hall–Kier alpha value is -1.44. The molecule has 1 aromatic rings. The third-order valence-corrected chi connectivity index (χ3v) is 5.51. The van der Waals surface area contributed by atoms with Gasteiger partial charge in [-0.1, -0.05) is 0 Å². The smallest absolute Gasteiger partial charge is 0.242 e. The van der Waals surface area contributed by atoms with Crippen LogP contribution in [0.4, 0.5) is 0 Å². The van der Waals surface area contributed by atoms with Crippen LogP contribution in [0.2, 0.25) is 0 Å². The minimum Gasteiger partial charge on any atom is -0.369 e. The zero-order chi connectivity index (χ0) is 16.7. The molecule has 3 fully saturated rings. The Morgan fingerprint density at radius 2 is 2.04 bits per heavy atom. The van der Waals surface area contributed by atoms with E-state index >= 15 is 0 Å². The molecule has 3 aliphatic heterocycles. The van der Waals surface area contributed by atoms with Gasteiger partial charge in [0.2, 0.25) is 5.91 Å². The number of likely N-dealkylation sites (N-methyl/N-ethyl adjacent to an activating group) is 1. The second-order valence-electron chi connectivity index (χ2n) is 7.62. The van der Waals surface area contributed by atoms with Crippen molar-refractivity contribution in [1.82, 2.24) is 24.5 Å². The summed E-state index contributed by atoms with van der Waals surface area (Å²) < 4.78 is 8.02. The molecule has 0 bridgehead atoms. The van der Waals surface area contributed by atoms with Crippen LogP contribution < -0.4 is 0 Å². The van der Waals surface area contributed by atoms with E-state index in [1.165, 1.54) is 5.56 Å². The molecule has 7 heteroatoms. The number of carbonyl (C=O) groups excluding carboxylic acids is 1. The molecule has 1 unspecified atom stereocenters. The van der Waals surface area contributed by atoms with Crippen LogP contribution in [-0.2, 0) is 23.1 Å². The van der Waals surface area contributed by atoms with E-state index < -0.39 is 0 Å². The van der Waals surface area contributed by atoms with Crippen molar-refractivity contribution in [2.45, 2.75) is 31.0 Å². The molecule has 1 atom stereocenters. The lowest BCUT2D eigenvalue weighted by Crippen LogP contribution is -2.72. The van der Waals surface area contributed by atoms with Crippen LogP contribution in [0, 0.1) is 0 Å². The summed E-state index contributed by atoms with van der Waals surface area (Å²) >= 11 is 0. The van der Waals surface area contributed by atoms with Gasteiger partial charge in [-0.3, -0.25) is 19.3 Å². The molecule has 3 saturated heterocycles. The fourth-order valence-corrected chi connectivity index (χ4v) is 4.28. The Kier molecular flexibility index (Phi) is 4.10. The topological polar surface area (TPSA) is 53.8 Å². The largest absolute Gasteiger partial charge is 0.369 e. The fourth-order valence-electron chi connectivity index (χ4n) is 4.28. The van der Waals surface area contributed by atoms with Crippen molar-refractivity contribution in [2.24, 2.45) is 7.05 Å². The molecule has 4 heterocycles. The molecular weight excluding hydrogens is 306 g/mol. The van der Waals surface area contributed by atoms with Gasteiger partial charge in [0.05, 0.1) is 12.8 Å². The van der Waals surface area contributed by atoms with E-state index in [-0.39, 0.29) is 17.6 Å². The first kappa shape index (κ1) is 16.1. The van der Waals surface area contributed by atoms with Crippen molar-refractivity contribution in [3.05, 3.63) is 18.0 Å².